The summed E-state index contributed by atoms with van der Waals surface area (Å²) in [5.41, 5.74) is -0.330. The number of carbonyl (C=O) groups is 3. The van der Waals surface area contributed by atoms with Gasteiger partial charge >= 0.3 is 12.2 Å². The van der Waals surface area contributed by atoms with Crippen molar-refractivity contribution in [2.75, 3.05) is 6.54 Å². The van der Waals surface area contributed by atoms with Gasteiger partial charge < -0.3 is 9.88 Å². The molecule has 3 aromatic rings. The number of alkyl halides is 3. The fraction of sp³-hybridized carbons (Fsp3) is 0.292. The number of aryl methyl sites for hydroxylation is 1. The Kier molecular flexibility index (Phi) is 5.30. The number of imide groups is 1. The lowest BCUT2D eigenvalue weighted by Gasteiger charge is -2.24. The number of nitrogens with zero attached hydrogens (tertiary/aromatic N) is 2. The zero-order valence-corrected chi connectivity index (χ0v) is 18.3. The summed E-state index contributed by atoms with van der Waals surface area (Å²) in [6.07, 6.45) is -4.44. The number of hydrogen-bond acceptors (Lipinski definition) is 3. The maximum atomic E-state index is 13.3. The average molecular weight is 457 g/mol. The summed E-state index contributed by atoms with van der Waals surface area (Å²) in [5, 5.41) is 4.37. The molecule has 0 bridgehead atoms. The maximum absolute atomic E-state index is 13.3. The van der Waals surface area contributed by atoms with E-state index in [0.29, 0.717) is 5.56 Å². The molecule has 0 saturated carbocycles. The molecule has 0 aliphatic carbocycles. The summed E-state index contributed by atoms with van der Waals surface area (Å²) < 4.78 is 39.7. The van der Waals surface area contributed by atoms with Crippen LogP contribution in [0, 0.1) is 13.8 Å². The molecule has 9 heteroatoms. The summed E-state index contributed by atoms with van der Waals surface area (Å²) in [6, 6.07) is 13.5. The highest BCUT2D eigenvalue weighted by Gasteiger charge is 2.50. The van der Waals surface area contributed by atoms with Gasteiger partial charge in [0, 0.05) is 17.0 Å². The Morgan fingerprint density at radius 3 is 2.42 bits per heavy atom. The molecule has 1 aliphatic heterocycles. The molecule has 3 amide bonds. The van der Waals surface area contributed by atoms with Gasteiger partial charge in [0.25, 0.3) is 5.91 Å². The Labute approximate surface area is 188 Å². The predicted molar refractivity (Wildman–Crippen MR) is 116 cm³/mol. The van der Waals surface area contributed by atoms with E-state index >= 15 is 0 Å². The van der Waals surface area contributed by atoms with Gasteiger partial charge in [-0.15, -0.1) is 0 Å². The van der Waals surface area contributed by atoms with Crippen LogP contribution >= 0.6 is 0 Å². The van der Waals surface area contributed by atoms with Crippen molar-refractivity contribution >= 4 is 28.5 Å². The van der Waals surface area contributed by atoms with Crippen LogP contribution in [0.2, 0.25) is 0 Å². The molecule has 33 heavy (non-hydrogen) atoms. The van der Waals surface area contributed by atoms with Gasteiger partial charge in [-0.05, 0) is 43.2 Å². The van der Waals surface area contributed by atoms with Gasteiger partial charge in [-0.25, -0.2) is 4.79 Å². The van der Waals surface area contributed by atoms with Crippen LogP contribution in [0.4, 0.5) is 18.0 Å². The van der Waals surface area contributed by atoms with Crippen LogP contribution in [0.15, 0.2) is 48.5 Å². The third kappa shape index (κ3) is 3.88. The monoisotopic (exact) mass is 457 g/mol. The average Bonchev–Trinajstić information content (AvgIpc) is 3.14. The second-order valence-corrected chi connectivity index (χ2v) is 8.38. The molecule has 172 valence electrons. The second-order valence-electron chi connectivity index (χ2n) is 8.38. The number of benzene rings is 2. The number of aromatic nitrogens is 1. The first kappa shape index (κ1) is 22.6. The summed E-state index contributed by atoms with van der Waals surface area (Å²) in [5.74, 6) is -1.21. The molecule has 1 N–H and O–H groups in total. The first-order chi connectivity index (χ1) is 15.4. The number of ketones is 1. The molecular formula is C24H22F3N3O3. The van der Waals surface area contributed by atoms with E-state index < -0.39 is 42.5 Å². The third-order valence-corrected chi connectivity index (χ3v) is 6.12. The van der Waals surface area contributed by atoms with E-state index in [2.05, 4.69) is 5.32 Å². The van der Waals surface area contributed by atoms with Crippen LogP contribution in [0.5, 0.6) is 0 Å². The van der Waals surface area contributed by atoms with Gasteiger partial charge in [-0.3, -0.25) is 14.5 Å². The zero-order chi connectivity index (χ0) is 24.1. The highest BCUT2D eigenvalue weighted by atomic mass is 19.4. The summed E-state index contributed by atoms with van der Waals surface area (Å²) >= 11 is 0. The van der Waals surface area contributed by atoms with Crippen LogP contribution in [0.1, 0.15) is 34.2 Å². The second kappa shape index (κ2) is 7.75. The number of amides is 3. The van der Waals surface area contributed by atoms with Crippen molar-refractivity contribution in [1.29, 1.82) is 0 Å². The number of carbonyl (C=O) groups excluding carboxylic acids is 3. The lowest BCUT2D eigenvalue weighted by Crippen LogP contribution is -2.41. The fourth-order valence-electron chi connectivity index (χ4n) is 4.42. The molecular weight excluding hydrogens is 435 g/mol. The largest absolute Gasteiger partial charge is 0.406 e. The van der Waals surface area contributed by atoms with E-state index in [1.165, 1.54) is 19.9 Å². The lowest BCUT2D eigenvalue weighted by molar-refractivity contribution is -0.141. The first-order valence-electron chi connectivity index (χ1n) is 10.3. The van der Waals surface area contributed by atoms with Crippen molar-refractivity contribution in [3.8, 4) is 0 Å². The lowest BCUT2D eigenvalue weighted by atomic mass is 9.88. The molecule has 1 unspecified atom stereocenters. The minimum absolute atomic E-state index is 0.0520. The molecule has 2 aromatic carbocycles. The quantitative estimate of drug-likeness (QED) is 0.454. The number of nitrogens with one attached hydrogen (secondary N) is 1. The number of fused-ring (bicyclic) bond motifs is 1. The predicted octanol–water partition coefficient (Wildman–Crippen LogP) is 4.47. The number of urea groups is 1. The standard InChI is InChI=1S/C24H22F3N3O3/c1-14-11-18(15(2)30(14)13-24(25,26)27)20(31)12-29-21(32)23(3,28-22(29)33)19-10-6-8-16-7-4-5-9-17(16)19/h4-11H,12-13H2,1-3H3,(H,28,33). The van der Waals surface area contributed by atoms with Crippen molar-refractivity contribution in [2.24, 2.45) is 0 Å². The maximum Gasteiger partial charge on any atom is 0.406 e. The van der Waals surface area contributed by atoms with Crippen molar-refractivity contribution < 1.29 is 27.6 Å². The molecule has 1 aromatic heterocycles. The highest BCUT2D eigenvalue weighted by Crippen LogP contribution is 2.34. The Hall–Kier alpha value is -3.62. The Morgan fingerprint density at radius 2 is 1.73 bits per heavy atom. The molecule has 1 fully saturated rings. The van der Waals surface area contributed by atoms with Gasteiger partial charge in [0.15, 0.2) is 5.78 Å². The Bertz CT molecular complexity index is 1290. The number of halogens is 3. The van der Waals surface area contributed by atoms with E-state index in [0.717, 1.165) is 20.2 Å². The fourth-order valence-corrected chi connectivity index (χ4v) is 4.42. The van der Waals surface area contributed by atoms with Crippen LogP contribution in [0.25, 0.3) is 10.8 Å². The van der Waals surface area contributed by atoms with E-state index in [4.69, 9.17) is 0 Å². The molecule has 1 aliphatic rings. The van der Waals surface area contributed by atoms with E-state index in [1.54, 1.807) is 19.1 Å². The summed E-state index contributed by atoms with van der Waals surface area (Å²) in [4.78, 5) is 39.8. The Morgan fingerprint density at radius 1 is 1.06 bits per heavy atom. The zero-order valence-electron chi connectivity index (χ0n) is 18.3. The van der Waals surface area contributed by atoms with Gasteiger partial charge in [0.05, 0.1) is 6.54 Å². The van der Waals surface area contributed by atoms with Crippen molar-refractivity contribution in [1.82, 2.24) is 14.8 Å². The topological polar surface area (TPSA) is 71.4 Å². The van der Waals surface area contributed by atoms with Crippen LogP contribution < -0.4 is 5.32 Å². The van der Waals surface area contributed by atoms with Crippen molar-refractivity contribution in [3.05, 3.63) is 71.0 Å². The molecule has 0 spiro atoms. The van der Waals surface area contributed by atoms with Gasteiger partial charge in [0.1, 0.15) is 12.1 Å². The third-order valence-electron chi connectivity index (χ3n) is 6.12. The number of Topliss-reactive ketones (excluding diaryl/α,β-unsaturated/α-hetero) is 1. The van der Waals surface area contributed by atoms with Gasteiger partial charge in [-0.1, -0.05) is 42.5 Å². The smallest absolute Gasteiger partial charge is 0.339 e. The van der Waals surface area contributed by atoms with Gasteiger partial charge in [-0.2, -0.15) is 13.2 Å². The SMILES string of the molecule is Cc1cc(C(=O)CN2C(=O)NC(C)(c3cccc4ccccc34)C2=O)c(C)n1CC(F)(F)F. The van der Waals surface area contributed by atoms with Gasteiger partial charge in [0.2, 0.25) is 0 Å². The van der Waals surface area contributed by atoms with E-state index in [9.17, 15) is 27.6 Å². The molecule has 1 atom stereocenters. The minimum atomic E-state index is -4.44. The first-order valence-corrected chi connectivity index (χ1v) is 10.3. The molecule has 6 nitrogen and oxygen atoms in total. The van der Waals surface area contributed by atoms with E-state index in [1.807, 2.05) is 30.3 Å². The van der Waals surface area contributed by atoms with Crippen molar-refractivity contribution in [3.63, 3.8) is 0 Å². The highest BCUT2D eigenvalue weighted by molar-refractivity contribution is 6.12. The molecule has 1 saturated heterocycles. The summed E-state index contributed by atoms with van der Waals surface area (Å²) in [7, 11) is 0. The Balaban J connectivity index is 1.63. The van der Waals surface area contributed by atoms with E-state index in [-0.39, 0.29) is 17.0 Å². The van der Waals surface area contributed by atoms with Crippen LogP contribution in [-0.2, 0) is 16.9 Å². The molecule has 0 radical (unpaired) electrons. The number of rotatable bonds is 5. The molecule has 4 rings (SSSR count). The van der Waals surface area contributed by atoms with Crippen LogP contribution in [0.3, 0.4) is 0 Å². The minimum Gasteiger partial charge on any atom is -0.339 e. The molecule has 2 heterocycles. The van der Waals surface area contributed by atoms with Crippen LogP contribution in [-0.4, -0.2) is 39.9 Å². The van der Waals surface area contributed by atoms with Crippen molar-refractivity contribution in [2.45, 2.75) is 39.0 Å². The summed E-state index contributed by atoms with van der Waals surface area (Å²) in [6.45, 7) is 2.68. The normalized spacial score (nSPS) is 18.8. The number of hydrogen-bond donors (Lipinski definition) is 1.